The molecule has 0 radical (unpaired) electrons. The first-order valence-electron chi connectivity index (χ1n) is 6.92. The molecule has 122 valence electrons. The van der Waals surface area contributed by atoms with E-state index in [1.165, 1.54) is 12.3 Å². The third-order valence-corrected chi connectivity index (χ3v) is 4.19. The molecule has 1 heterocycles. The van der Waals surface area contributed by atoms with Gasteiger partial charge in [0.2, 0.25) is 0 Å². The maximum Gasteiger partial charge on any atom is 0.342 e. The van der Waals surface area contributed by atoms with Gasteiger partial charge in [0.05, 0.1) is 6.26 Å². The number of halogens is 1. The summed E-state index contributed by atoms with van der Waals surface area (Å²) in [6.07, 6.45) is 1.40. The molecule has 0 bridgehead atoms. The van der Waals surface area contributed by atoms with Crippen LogP contribution in [0.2, 0.25) is 5.02 Å². The molecule has 1 amide bonds. The van der Waals surface area contributed by atoms with Crippen LogP contribution in [0.1, 0.15) is 16.1 Å². The Hall–Kier alpha value is -1.92. The van der Waals surface area contributed by atoms with Gasteiger partial charge in [-0.2, -0.15) is 0 Å². The number of ether oxygens (including phenoxy) is 1. The first kappa shape index (κ1) is 17.4. The summed E-state index contributed by atoms with van der Waals surface area (Å²) >= 11 is 7.41. The maximum atomic E-state index is 11.7. The minimum Gasteiger partial charge on any atom is -0.469 e. The van der Waals surface area contributed by atoms with Crippen LogP contribution in [0.3, 0.4) is 0 Å². The van der Waals surface area contributed by atoms with Gasteiger partial charge < -0.3 is 14.5 Å². The van der Waals surface area contributed by atoms with Gasteiger partial charge in [0.15, 0.2) is 6.61 Å². The topological polar surface area (TPSA) is 68.5 Å². The van der Waals surface area contributed by atoms with Crippen molar-refractivity contribution in [2.24, 2.45) is 0 Å². The molecule has 0 atom stereocenters. The highest BCUT2D eigenvalue weighted by molar-refractivity contribution is 7.99. The third-order valence-electron chi connectivity index (χ3n) is 2.92. The van der Waals surface area contributed by atoms with E-state index in [0.29, 0.717) is 28.6 Å². The molecule has 0 saturated carbocycles. The fourth-order valence-corrected chi connectivity index (χ4v) is 2.64. The van der Waals surface area contributed by atoms with E-state index in [1.807, 2.05) is 24.3 Å². The molecule has 0 aliphatic heterocycles. The number of thioether (sulfide) groups is 1. The van der Waals surface area contributed by atoms with E-state index >= 15 is 0 Å². The van der Waals surface area contributed by atoms with Gasteiger partial charge in [-0.05, 0) is 37.3 Å². The molecule has 23 heavy (non-hydrogen) atoms. The Labute approximate surface area is 143 Å². The largest absolute Gasteiger partial charge is 0.469 e. The normalized spacial score (nSPS) is 10.3. The van der Waals surface area contributed by atoms with Crippen molar-refractivity contribution in [2.75, 3.05) is 18.9 Å². The van der Waals surface area contributed by atoms with Gasteiger partial charge in [-0.15, -0.1) is 11.8 Å². The van der Waals surface area contributed by atoms with Crippen molar-refractivity contribution in [3.8, 4) is 0 Å². The highest BCUT2D eigenvalue weighted by Crippen LogP contribution is 2.19. The van der Waals surface area contributed by atoms with Crippen molar-refractivity contribution in [1.29, 1.82) is 0 Å². The van der Waals surface area contributed by atoms with Crippen LogP contribution in [-0.2, 0) is 9.53 Å². The Balaban J connectivity index is 1.62. The number of carbonyl (C=O) groups excluding carboxylic acids is 2. The van der Waals surface area contributed by atoms with Crippen LogP contribution in [0.25, 0.3) is 0 Å². The Morgan fingerprint density at radius 3 is 2.65 bits per heavy atom. The SMILES string of the molecule is Cc1occc1C(=O)OCC(=O)NCCSc1ccc(Cl)cc1. The highest BCUT2D eigenvalue weighted by Gasteiger charge is 2.14. The molecule has 1 aromatic heterocycles. The lowest BCUT2D eigenvalue weighted by Crippen LogP contribution is -2.30. The van der Waals surface area contributed by atoms with Crippen LogP contribution < -0.4 is 5.32 Å². The lowest BCUT2D eigenvalue weighted by Gasteiger charge is -2.06. The number of benzene rings is 1. The van der Waals surface area contributed by atoms with E-state index in [9.17, 15) is 9.59 Å². The molecule has 2 rings (SSSR count). The monoisotopic (exact) mass is 353 g/mol. The summed E-state index contributed by atoms with van der Waals surface area (Å²) in [5.74, 6) is 0.273. The van der Waals surface area contributed by atoms with E-state index in [2.05, 4.69) is 5.32 Å². The molecule has 2 aromatic rings. The molecular formula is C16H16ClNO4S. The van der Waals surface area contributed by atoms with E-state index in [-0.39, 0.29) is 12.5 Å². The molecule has 0 aliphatic carbocycles. The van der Waals surface area contributed by atoms with E-state index < -0.39 is 5.97 Å². The Morgan fingerprint density at radius 1 is 1.26 bits per heavy atom. The van der Waals surface area contributed by atoms with Crippen molar-refractivity contribution in [3.63, 3.8) is 0 Å². The molecule has 0 unspecified atom stereocenters. The standard InChI is InChI=1S/C16H16ClNO4S/c1-11-14(6-8-21-11)16(20)22-10-15(19)18-7-9-23-13-4-2-12(17)3-5-13/h2-6,8H,7,9-10H2,1H3,(H,18,19). The molecule has 0 saturated heterocycles. The number of aryl methyl sites for hydroxylation is 1. The summed E-state index contributed by atoms with van der Waals surface area (Å²) in [5, 5.41) is 3.39. The fraction of sp³-hybridized carbons (Fsp3) is 0.250. The van der Waals surface area contributed by atoms with E-state index in [0.717, 1.165) is 4.90 Å². The van der Waals surface area contributed by atoms with Crippen molar-refractivity contribution in [1.82, 2.24) is 5.32 Å². The lowest BCUT2D eigenvalue weighted by atomic mass is 10.3. The molecule has 7 heteroatoms. The van der Waals surface area contributed by atoms with Crippen molar-refractivity contribution >= 4 is 35.2 Å². The van der Waals surface area contributed by atoms with Gasteiger partial charge in [0, 0.05) is 22.2 Å². The minimum atomic E-state index is -0.568. The van der Waals surface area contributed by atoms with Gasteiger partial charge in [0.25, 0.3) is 5.91 Å². The summed E-state index contributed by atoms with van der Waals surface area (Å²) in [4.78, 5) is 24.4. The third kappa shape index (κ3) is 5.65. The van der Waals surface area contributed by atoms with Gasteiger partial charge >= 0.3 is 5.97 Å². The highest BCUT2D eigenvalue weighted by atomic mass is 35.5. The Bertz CT molecular complexity index is 669. The summed E-state index contributed by atoms with van der Waals surface area (Å²) in [5.41, 5.74) is 0.330. The maximum absolute atomic E-state index is 11.7. The predicted octanol–water partition coefficient (Wildman–Crippen LogP) is 3.31. The molecule has 1 N–H and O–H groups in total. The molecule has 1 aromatic carbocycles. The van der Waals surface area contributed by atoms with Gasteiger partial charge in [-0.25, -0.2) is 4.79 Å². The van der Waals surface area contributed by atoms with Crippen LogP contribution in [0.5, 0.6) is 0 Å². The molecular weight excluding hydrogens is 338 g/mol. The van der Waals surface area contributed by atoms with Crippen molar-refractivity contribution < 1.29 is 18.7 Å². The lowest BCUT2D eigenvalue weighted by molar-refractivity contribution is -0.124. The molecule has 5 nitrogen and oxygen atoms in total. The zero-order chi connectivity index (χ0) is 16.7. The number of esters is 1. The van der Waals surface area contributed by atoms with Crippen LogP contribution >= 0.6 is 23.4 Å². The first-order valence-corrected chi connectivity index (χ1v) is 8.29. The summed E-state index contributed by atoms with van der Waals surface area (Å²) < 4.78 is 9.93. The smallest absolute Gasteiger partial charge is 0.342 e. The number of amides is 1. The second-order valence-electron chi connectivity index (χ2n) is 4.62. The Morgan fingerprint density at radius 2 is 2.00 bits per heavy atom. The molecule has 0 spiro atoms. The number of hydrogen-bond donors (Lipinski definition) is 1. The van der Waals surface area contributed by atoms with Gasteiger partial charge in [-0.3, -0.25) is 4.79 Å². The summed E-state index contributed by atoms with van der Waals surface area (Å²) in [6, 6.07) is 8.99. The first-order chi connectivity index (χ1) is 11.1. The predicted molar refractivity (Wildman–Crippen MR) is 88.9 cm³/mol. The van der Waals surface area contributed by atoms with Crippen LogP contribution in [-0.4, -0.2) is 30.8 Å². The number of hydrogen-bond acceptors (Lipinski definition) is 5. The zero-order valence-corrected chi connectivity index (χ0v) is 14.1. The second-order valence-corrected chi connectivity index (χ2v) is 6.22. The average Bonchev–Trinajstić information content (AvgIpc) is 2.97. The van der Waals surface area contributed by atoms with E-state index in [4.69, 9.17) is 20.8 Å². The average molecular weight is 354 g/mol. The molecule has 0 aliphatic rings. The number of rotatable bonds is 7. The van der Waals surface area contributed by atoms with Crippen LogP contribution in [0, 0.1) is 6.92 Å². The molecule has 0 fully saturated rings. The fourth-order valence-electron chi connectivity index (χ4n) is 1.75. The quantitative estimate of drug-likeness (QED) is 0.470. The Kier molecular flexibility index (Phi) is 6.55. The van der Waals surface area contributed by atoms with Crippen molar-refractivity contribution in [2.45, 2.75) is 11.8 Å². The number of carbonyl (C=O) groups is 2. The van der Waals surface area contributed by atoms with Gasteiger partial charge in [0.1, 0.15) is 11.3 Å². The minimum absolute atomic E-state index is 0.310. The van der Waals surface area contributed by atoms with Crippen molar-refractivity contribution in [3.05, 3.63) is 52.9 Å². The second kappa shape index (κ2) is 8.64. The summed E-state index contributed by atoms with van der Waals surface area (Å²) in [7, 11) is 0. The number of furan rings is 1. The zero-order valence-electron chi connectivity index (χ0n) is 12.5. The van der Waals surface area contributed by atoms with E-state index in [1.54, 1.807) is 18.7 Å². The number of nitrogens with one attached hydrogen (secondary N) is 1. The van der Waals surface area contributed by atoms with Crippen LogP contribution in [0.15, 0.2) is 45.9 Å². The van der Waals surface area contributed by atoms with Crippen LogP contribution in [0.4, 0.5) is 0 Å². The van der Waals surface area contributed by atoms with Gasteiger partial charge in [-0.1, -0.05) is 11.6 Å². The summed E-state index contributed by atoms with van der Waals surface area (Å²) in [6.45, 7) is 1.83.